The third-order valence-corrected chi connectivity index (χ3v) is 6.48. The number of fused-ring (bicyclic) bond motifs is 1. The van der Waals surface area contributed by atoms with E-state index in [1.807, 2.05) is 12.1 Å². The average Bonchev–Trinajstić information content (AvgIpc) is 2.88. The number of anilines is 1. The van der Waals surface area contributed by atoms with Gasteiger partial charge >= 0.3 is 0 Å². The number of benzene rings is 1. The van der Waals surface area contributed by atoms with Gasteiger partial charge in [0.25, 0.3) is 10.0 Å². The van der Waals surface area contributed by atoms with E-state index in [0.29, 0.717) is 11.0 Å². The SMILES string of the molecule is CC(C)c1ccc(S(=O)(=O)Nc2nc3c(s2)CCCC3)cc1. The molecule has 0 aliphatic heterocycles. The number of aromatic nitrogens is 1. The van der Waals surface area contributed by atoms with E-state index in [2.05, 4.69) is 23.6 Å². The van der Waals surface area contributed by atoms with Gasteiger partial charge in [-0.25, -0.2) is 13.4 Å². The molecule has 118 valence electrons. The number of hydrogen-bond donors (Lipinski definition) is 1. The number of nitrogens with zero attached hydrogens (tertiary/aromatic N) is 1. The van der Waals surface area contributed by atoms with Gasteiger partial charge in [-0.2, -0.15) is 0 Å². The van der Waals surface area contributed by atoms with Crippen LogP contribution >= 0.6 is 11.3 Å². The third-order valence-electron chi connectivity index (χ3n) is 3.92. The van der Waals surface area contributed by atoms with Crippen molar-refractivity contribution in [2.75, 3.05) is 4.72 Å². The lowest BCUT2D eigenvalue weighted by molar-refractivity contribution is 0.601. The summed E-state index contributed by atoms with van der Waals surface area (Å²) in [6.07, 6.45) is 4.27. The Morgan fingerprint density at radius 2 is 1.82 bits per heavy atom. The van der Waals surface area contributed by atoms with Gasteiger partial charge in [-0.1, -0.05) is 26.0 Å². The molecule has 0 atom stereocenters. The summed E-state index contributed by atoms with van der Waals surface area (Å²) in [5, 5.41) is 0.486. The Balaban J connectivity index is 1.82. The Morgan fingerprint density at radius 1 is 1.14 bits per heavy atom. The molecule has 1 aliphatic rings. The topological polar surface area (TPSA) is 59.1 Å². The average molecular weight is 336 g/mol. The molecule has 1 aliphatic carbocycles. The second kappa shape index (κ2) is 6.01. The zero-order chi connectivity index (χ0) is 15.7. The van der Waals surface area contributed by atoms with Gasteiger partial charge < -0.3 is 0 Å². The summed E-state index contributed by atoms with van der Waals surface area (Å²) in [4.78, 5) is 5.94. The van der Waals surface area contributed by atoms with E-state index in [9.17, 15) is 8.42 Å². The van der Waals surface area contributed by atoms with Gasteiger partial charge in [0.05, 0.1) is 10.6 Å². The second-order valence-corrected chi connectivity index (χ2v) is 8.69. The van der Waals surface area contributed by atoms with Crippen LogP contribution in [0.5, 0.6) is 0 Å². The van der Waals surface area contributed by atoms with Crippen LogP contribution in [0.1, 0.15) is 48.7 Å². The van der Waals surface area contributed by atoms with Crippen molar-refractivity contribution in [2.45, 2.75) is 50.3 Å². The monoisotopic (exact) mass is 336 g/mol. The second-order valence-electron chi connectivity index (χ2n) is 5.93. The van der Waals surface area contributed by atoms with Gasteiger partial charge in [0.15, 0.2) is 5.13 Å². The van der Waals surface area contributed by atoms with Crippen LogP contribution in [0.15, 0.2) is 29.2 Å². The number of nitrogens with one attached hydrogen (secondary N) is 1. The van der Waals surface area contributed by atoms with Gasteiger partial charge in [0, 0.05) is 4.88 Å². The molecule has 6 heteroatoms. The molecule has 1 aromatic carbocycles. The molecule has 2 aromatic rings. The molecular weight excluding hydrogens is 316 g/mol. The molecule has 1 heterocycles. The van der Waals surface area contributed by atoms with Crippen molar-refractivity contribution in [3.63, 3.8) is 0 Å². The first-order chi connectivity index (χ1) is 10.5. The minimum atomic E-state index is -3.56. The first-order valence-electron chi connectivity index (χ1n) is 7.57. The van der Waals surface area contributed by atoms with Gasteiger partial charge in [0.1, 0.15) is 0 Å². The normalized spacial score (nSPS) is 14.9. The maximum absolute atomic E-state index is 12.5. The molecule has 0 fully saturated rings. The van der Waals surface area contributed by atoms with Crippen molar-refractivity contribution < 1.29 is 8.42 Å². The van der Waals surface area contributed by atoms with Gasteiger partial charge in [-0.15, -0.1) is 11.3 Å². The number of thiazole rings is 1. The van der Waals surface area contributed by atoms with Crippen LogP contribution in [0.3, 0.4) is 0 Å². The van der Waals surface area contributed by atoms with Gasteiger partial charge in [-0.05, 0) is 49.3 Å². The molecule has 22 heavy (non-hydrogen) atoms. The molecule has 4 nitrogen and oxygen atoms in total. The van der Waals surface area contributed by atoms with Crippen molar-refractivity contribution in [1.82, 2.24) is 4.98 Å². The van der Waals surface area contributed by atoms with E-state index in [1.54, 1.807) is 12.1 Å². The van der Waals surface area contributed by atoms with Crippen molar-refractivity contribution in [3.8, 4) is 0 Å². The Kier molecular flexibility index (Phi) is 4.23. The highest BCUT2D eigenvalue weighted by molar-refractivity contribution is 7.93. The molecule has 0 unspecified atom stereocenters. The van der Waals surface area contributed by atoms with E-state index in [-0.39, 0.29) is 4.90 Å². The Morgan fingerprint density at radius 3 is 2.45 bits per heavy atom. The maximum Gasteiger partial charge on any atom is 0.263 e. The smallest absolute Gasteiger partial charge is 0.255 e. The molecule has 1 aromatic heterocycles. The van der Waals surface area contributed by atoms with Crippen molar-refractivity contribution in [2.24, 2.45) is 0 Å². The highest BCUT2D eigenvalue weighted by Crippen LogP contribution is 2.30. The van der Waals surface area contributed by atoms with E-state index in [0.717, 1.165) is 36.9 Å². The van der Waals surface area contributed by atoms with Gasteiger partial charge in [0.2, 0.25) is 0 Å². The number of aryl methyl sites for hydroxylation is 2. The Labute approximate surface area is 135 Å². The number of sulfonamides is 1. The first kappa shape index (κ1) is 15.5. The van der Waals surface area contributed by atoms with Crippen molar-refractivity contribution >= 4 is 26.5 Å². The molecule has 0 spiro atoms. The fourth-order valence-electron chi connectivity index (χ4n) is 2.60. The summed E-state index contributed by atoms with van der Waals surface area (Å²) in [5.74, 6) is 0.385. The van der Waals surface area contributed by atoms with E-state index < -0.39 is 10.0 Å². The van der Waals surface area contributed by atoms with Crippen molar-refractivity contribution in [3.05, 3.63) is 40.4 Å². The van der Waals surface area contributed by atoms with Crippen LogP contribution in [-0.2, 0) is 22.9 Å². The van der Waals surface area contributed by atoms with Gasteiger partial charge in [-0.3, -0.25) is 4.72 Å². The zero-order valence-electron chi connectivity index (χ0n) is 12.8. The molecule has 0 saturated heterocycles. The van der Waals surface area contributed by atoms with E-state index >= 15 is 0 Å². The molecule has 0 radical (unpaired) electrons. The van der Waals surface area contributed by atoms with Crippen molar-refractivity contribution in [1.29, 1.82) is 0 Å². The summed E-state index contributed by atoms with van der Waals surface area (Å²) in [5.41, 5.74) is 2.19. The van der Waals surface area contributed by atoms with Crippen LogP contribution in [0.25, 0.3) is 0 Å². The summed E-state index contributed by atoms with van der Waals surface area (Å²) in [7, 11) is -3.56. The van der Waals surface area contributed by atoms with Crippen LogP contribution in [0.4, 0.5) is 5.13 Å². The predicted molar refractivity (Wildman–Crippen MR) is 90.1 cm³/mol. The highest BCUT2D eigenvalue weighted by atomic mass is 32.2. The van der Waals surface area contributed by atoms with E-state index in [1.165, 1.54) is 16.2 Å². The third kappa shape index (κ3) is 3.17. The predicted octanol–water partition coefficient (Wildman–Crippen LogP) is 3.95. The zero-order valence-corrected chi connectivity index (χ0v) is 14.4. The molecule has 0 amide bonds. The Bertz CT molecular complexity index is 738. The standard InChI is InChI=1S/C16H20N2O2S2/c1-11(2)12-7-9-13(10-8-12)22(19,20)18-16-17-14-5-3-4-6-15(14)21-16/h7-11H,3-6H2,1-2H3,(H,17,18). The molecule has 1 N–H and O–H groups in total. The fourth-order valence-corrected chi connectivity index (χ4v) is 4.89. The quantitative estimate of drug-likeness (QED) is 0.920. The Hall–Kier alpha value is -1.40. The van der Waals surface area contributed by atoms with E-state index in [4.69, 9.17) is 0 Å². The summed E-state index contributed by atoms with van der Waals surface area (Å²) < 4.78 is 27.5. The summed E-state index contributed by atoms with van der Waals surface area (Å²) in [6.45, 7) is 4.17. The molecule has 0 saturated carbocycles. The number of rotatable bonds is 4. The molecule has 3 rings (SSSR count). The largest absolute Gasteiger partial charge is 0.263 e. The minimum absolute atomic E-state index is 0.282. The van der Waals surface area contributed by atoms with Crippen LogP contribution in [0.2, 0.25) is 0 Å². The summed E-state index contributed by atoms with van der Waals surface area (Å²) >= 11 is 1.46. The lowest BCUT2D eigenvalue weighted by Crippen LogP contribution is -2.13. The summed E-state index contributed by atoms with van der Waals surface area (Å²) in [6, 6.07) is 7.05. The lowest BCUT2D eigenvalue weighted by Gasteiger charge is -2.08. The minimum Gasteiger partial charge on any atom is -0.255 e. The fraction of sp³-hybridized carbons (Fsp3) is 0.438. The number of hydrogen-bond acceptors (Lipinski definition) is 4. The molecular formula is C16H20N2O2S2. The van der Waals surface area contributed by atoms with Crippen LogP contribution in [0, 0.1) is 0 Å². The highest BCUT2D eigenvalue weighted by Gasteiger charge is 2.20. The molecule has 0 bridgehead atoms. The maximum atomic E-state index is 12.5. The van der Waals surface area contributed by atoms with Crippen LogP contribution < -0.4 is 4.72 Å². The lowest BCUT2D eigenvalue weighted by atomic mass is 10.0. The van der Waals surface area contributed by atoms with Crippen LogP contribution in [-0.4, -0.2) is 13.4 Å². The first-order valence-corrected chi connectivity index (χ1v) is 9.87.